The largest absolute Gasteiger partial charge is 0.508 e. The third-order valence-corrected chi connectivity index (χ3v) is 3.86. The van der Waals surface area contributed by atoms with E-state index >= 15 is 0 Å². The average molecular weight is 316 g/mol. The Bertz CT molecular complexity index is 654. The van der Waals surface area contributed by atoms with Crippen molar-refractivity contribution in [1.82, 2.24) is 0 Å². The van der Waals surface area contributed by atoms with Gasteiger partial charge in [-0.2, -0.15) is 0 Å². The summed E-state index contributed by atoms with van der Waals surface area (Å²) in [6, 6.07) is 1.35. The molecular weight excluding hydrogens is 292 g/mol. The maximum atomic E-state index is 12.1. The number of carbonyl (C=O) groups is 2. The number of rotatable bonds is 7. The molecule has 0 aliphatic heterocycles. The lowest BCUT2D eigenvalue weighted by Gasteiger charge is -2.09. The van der Waals surface area contributed by atoms with Crippen molar-refractivity contribution in [3.8, 4) is 11.5 Å². The molecule has 0 aromatic heterocycles. The maximum Gasteiger partial charge on any atom is 0.160 e. The summed E-state index contributed by atoms with van der Waals surface area (Å²) in [5, 5.41) is 19.6. The number of benzene rings is 1. The summed E-state index contributed by atoms with van der Waals surface area (Å²) in [5.41, 5.74) is 1.59. The number of aldehydes is 1. The highest BCUT2D eigenvalue weighted by Gasteiger charge is 2.15. The van der Waals surface area contributed by atoms with Crippen molar-refractivity contribution in [2.75, 3.05) is 0 Å². The van der Waals surface area contributed by atoms with E-state index in [1.54, 1.807) is 6.08 Å². The molecule has 0 spiro atoms. The van der Waals surface area contributed by atoms with E-state index in [1.807, 2.05) is 6.92 Å². The van der Waals surface area contributed by atoms with E-state index in [4.69, 9.17) is 0 Å². The van der Waals surface area contributed by atoms with Crippen molar-refractivity contribution in [2.45, 2.75) is 40.5 Å². The van der Waals surface area contributed by atoms with Gasteiger partial charge in [0, 0.05) is 12.0 Å². The highest BCUT2D eigenvalue weighted by molar-refractivity contribution is 5.94. The SMILES string of the molecule is CC[C@@H](C)/C=C(C)/C=C/C(=O)Cc1cc(O)c(C)c(O)c1C=O. The van der Waals surface area contributed by atoms with Crippen molar-refractivity contribution >= 4 is 12.1 Å². The number of phenols is 2. The van der Waals surface area contributed by atoms with Crippen LogP contribution >= 0.6 is 0 Å². The molecule has 0 heterocycles. The third-order valence-electron chi connectivity index (χ3n) is 3.86. The molecule has 0 aliphatic carbocycles. The molecule has 0 bridgehead atoms. The van der Waals surface area contributed by atoms with Crippen LogP contribution in [0, 0.1) is 12.8 Å². The first-order valence-corrected chi connectivity index (χ1v) is 7.69. The van der Waals surface area contributed by atoms with Crippen LogP contribution in [0.4, 0.5) is 0 Å². The van der Waals surface area contributed by atoms with Crippen LogP contribution in [0.25, 0.3) is 0 Å². The Morgan fingerprint density at radius 1 is 1.30 bits per heavy atom. The van der Waals surface area contributed by atoms with E-state index in [1.165, 1.54) is 19.1 Å². The highest BCUT2D eigenvalue weighted by atomic mass is 16.3. The van der Waals surface area contributed by atoms with Crippen LogP contribution in [0.1, 0.15) is 48.7 Å². The van der Waals surface area contributed by atoms with Gasteiger partial charge in [0.2, 0.25) is 0 Å². The van der Waals surface area contributed by atoms with Gasteiger partial charge in [0.25, 0.3) is 0 Å². The molecular formula is C19H24O4. The first kappa shape index (κ1) is 18.7. The summed E-state index contributed by atoms with van der Waals surface area (Å²) in [7, 11) is 0. The summed E-state index contributed by atoms with van der Waals surface area (Å²) in [5.74, 6) is -0.164. The minimum atomic E-state index is -0.278. The third kappa shape index (κ3) is 5.09. The molecule has 4 nitrogen and oxygen atoms in total. The number of phenolic OH excluding ortho intramolecular Hbond substituents is 2. The van der Waals surface area contributed by atoms with E-state index in [0.717, 1.165) is 12.0 Å². The molecule has 1 aromatic carbocycles. The molecule has 0 fully saturated rings. The van der Waals surface area contributed by atoms with E-state index in [0.29, 0.717) is 17.8 Å². The lowest BCUT2D eigenvalue weighted by molar-refractivity contribution is -0.114. The van der Waals surface area contributed by atoms with Crippen LogP contribution in [-0.2, 0) is 11.2 Å². The van der Waals surface area contributed by atoms with Crippen molar-refractivity contribution in [2.24, 2.45) is 5.92 Å². The molecule has 23 heavy (non-hydrogen) atoms. The predicted molar refractivity (Wildman–Crippen MR) is 91.0 cm³/mol. The molecule has 0 aliphatic rings. The zero-order valence-electron chi connectivity index (χ0n) is 14.1. The monoisotopic (exact) mass is 316 g/mol. The van der Waals surface area contributed by atoms with Gasteiger partial charge in [0.05, 0.1) is 5.56 Å². The summed E-state index contributed by atoms with van der Waals surface area (Å²) in [4.78, 5) is 23.2. The fraction of sp³-hybridized carbons (Fsp3) is 0.368. The summed E-state index contributed by atoms with van der Waals surface area (Å²) >= 11 is 0. The van der Waals surface area contributed by atoms with E-state index in [2.05, 4.69) is 19.9 Å². The smallest absolute Gasteiger partial charge is 0.160 e. The number of allylic oxidation sites excluding steroid dienone is 4. The average Bonchev–Trinajstić information content (AvgIpc) is 2.51. The topological polar surface area (TPSA) is 74.6 Å². The second-order valence-electron chi connectivity index (χ2n) is 5.83. The number of carbonyl (C=O) groups excluding carboxylic acids is 2. The molecule has 0 unspecified atom stereocenters. The second kappa shape index (κ2) is 8.32. The van der Waals surface area contributed by atoms with E-state index in [9.17, 15) is 19.8 Å². The van der Waals surface area contributed by atoms with Gasteiger partial charge in [-0.1, -0.05) is 38.0 Å². The molecule has 1 aromatic rings. The van der Waals surface area contributed by atoms with Crippen LogP contribution < -0.4 is 0 Å². The summed E-state index contributed by atoms with van der Waals surface area (Å²) in [6.07, 6.45) is 6.76. The highest BCUT2D eigenvalue weighted by Crippen LogP contribution is 2.32. The van der Waals surface area contributed by atoms with Crippen LogP contribution in [0.2, 0.25) is 0 Å². The molecule has 0 saturated heterocycles. The number of ketones is 1. The van der Waals surface area contributed by atoms with Gasteiger partial charge in [-0.25, -0.2) is 0 Å². The summed E-state index contributed by atoms with van der Waals surface area (Å²) in [6.45, 7) is 7.64. The van der Waals surface area contributed by atoms with Crippen LogP contribution in [0.3, 0.4) is 0 Å². The minimum absolute atomic E-state index is 0.0499. The molecule has 0 radical (unpaired) electrons. The molecule has 1 atom stereocenters. The Labute approximate surface area is 137 Å². The Morgan fingerprint density at radius 3 is 2.52 bits per heavy atom. The van der Waals surface area contributed by atoms with Gasteiger partial charge in [-0.05, 0) is 37.5 Å². The van der Waals surface area contributed by atoms with Gasteiger partial charge in [-0.15, -0.1) is 0 Å². The Balaban J connectivity index is 2.94. The lowest BCUT2D eigenvalue weighted by atomic mass is 9.98. The summed E-state index contributed by atoms with van der Waals surface area (Å²) < 4.78 is 0. The quantitative estimate of drug-likeness (QED) is 0.455. The normalized spacial score (nSPS) is 13.3. The molecule has 2 N–H and O–H groups in total. The zero-order chi connectivity index (χ0) is 17.6. The fourth-order valence-electron chi connectivity index (χ4n) is 2.20. The van der Waals surface area contributed by atoms with Gasteiger partial charge in [0.15, 0.2) is 12.1 Å². The van der Waals surface area contributed by atoms with Crippen molar-refractivity contribution in [1.29, 1.82) is 0 Å². The van der Waals surface area contributed by atoms with E-state index < -0.39 is 0 Å². The van der Waals surface area contributed by atoms with Crippen LogP contribution in [0.5, 0.6) is 11.5 Å². The maximum absolute atomic E-state index is 12.1. The van der Waals surface area contributed by atoms with Crippen molar-refractivity contribution in [3.05, 3.63) is 46.6 Å². The standard InChI is InChI=1S/C19H24O4/c1-5-12(2)8-13(3)6-7-16(21)9-15-10-18(22)14(4)19(23)17(15)11-20/h6-8,10-12,22-23H,5,9H2,1-4H3/b7-6+,13-8+/t12-/m1/s1. The van der Waals surface area contributed by atoms with Crippen molar-refractivity contribution in [3.63, 3.8) is 0 Å². The first-order valence-electron chi connectivity index (χ1n) is 7.69. The Kier molecular flexibility index (Phi) is 6.76. The molecule has 1 rings (SSSR count). The molecule has 4 heteroatoms. The lowest BCUT2D eigenvalue weighted by Crippen LogP contribution is -2.03. The van der Waals surface area contributed by atoms with Gasteiger partial charge in [-0.3, -0.25) is 9.59 Å². The zero-order valence-corrected chi connectivity index (χ0v) is 14.1. The predicted octanol–water partition coefficient (Wildman–Crippen LogP) is 3.88. The van der Waals surface area contributed by atoms with Crippen molar-refractivity contribution < 1.29 is 19.8 Å². The molecule has 124 valence electrons. The second-order valence-corrected chi connectivity index (χ2v) is 5.83. The van der Waals surface area contributed by atoms with Gasteiger partial charge < -0.3 is 10.2 Å². The fourth-order valence-corrected chi connectivity index (χ4v) is 2.20. The number of hydrogen-bond acceptors (Lipinski definition) is 4. The van der Waals surface area contributed by atoms with E-state index in [-0.39, 0.29) is 34.8 Å². The van der Waals surface area contributed by atoms with Crippen LogP contribution in [0.15, 0.2) is 29.9 Å². The minimum Gasteiger partial charge on any atom is -0.508 e. The number of aromatic hydroxyl groups is 2. The van der Waals surface area contributed by atoms with Gasteiger partial charge >= 0.3 is 0 Å². The Morgan fingerprint density at radius 2 is 1.96 bits per heavy atom. The Hall–Kier alpha value is -2.36. The molecule has 0 saturated carbocycles. The number of hydrogen-bond donors (Lipinski definition) is 2. The van der Waals surface area contributed by atoms with Crippen LogP contribution in [-0.4, -0.2) is 22.3 Å². The molecule has 0 amide bonds. The van der Waals surface area contributed by atoms with Gasteiger partial charge in [0.1, 0.15) is 11.5 Å². The first-order chi connectivity index (χ1) is 10.8.